The van der Waals surface area contributed by atoms with Gasteiger partial charge in [-0.05, 0) is 19.8 Å². The van der Waals surface area contributed by atoms with E-state index in [9.17, 15) is 10.1 Å². The van der Waals surface area contributed by atoms with E-state index in [1.165, 1.54) is 16.4 Å². The van der Waals surface area contributed by atoms with Crippen LogP contribution in [-0.2, 0) is 4.79 Å². The quantitative estimate of drug-likeness (QED) is 0.623. The summed E-state index contributed by atoms with van der Waals surface area (Å²) in [4.78, 5) is 17.1. The maximum absolute atomic E-state index is 12.6. The van der Waals surface area contributed by atoms with Gasteiger partial charge in [0.05, 0.1) is 23.2 Å². The van der Waals surface area contributed by atoms with Crippen molar-refractivity contribution in [2.24, 2.45) is 0 Å². The number of carbonyl (C=O) groups excluding carboxylic acids is 1. The Kier molecular flexibility index (Phi) is 5.52. The van der Waals surface area contributed by atoms with Gasteiger partial charge in [0.1, 0.15) is 5.54 Å². The van der Waals surface area contributed by atoms with Gasteiger partial charge in [0.2, 0.25) is 5.91 Å². The molecular formula is C19H23N5OS. The van der Waals surface area contributed by atoms with Crippen LogP contribution in [0.5, 0.6) is 0 Å². The lowest BCUT2D eigenvalue weighted by Gasteiger charge is -2.32. The molecule has 0 radical (unpaired) electrons. The van der Waals surface area contributed by atoms with E-state index < -0.39 is 10.8 Å². The predicted octanol–water partition coefficient (Wildman–Crippen LogP) is 3.09. The number of hydrogen-bond donors (Lipinski definition) is 2. The number of imidazole rings is 1. The number of rotatable bonds is 5. The Labute approximate surface area is 157 Å². The third-order valence-corrected chi connectivity index (χ3v) is 5.78. The summed E-state index contributed by atoms with van der Waals surface area (Å²) in [6.45, 7) is 1.81. The first-order valence-electron chi connectivity index (χ1n) is 8.83. The molecule has 1 amide bonds. The number of nitrogen functional groups attached to an aromatic ring is 1. The lowest BCUT2D eigenvalue weighted by Crippen LogP contribution is -2.51. The van der Waals surface area contributed by atoms with Gasteiger partial charge >= 0.3 is 0 Å². The summed E-state index contributed by atoms with van der Waals surface area (Å²) in [5.41, 5.74) is 1.02. The highest BCUT2D eigenvalue weighted by Gasteiger charge is 2.35. The van der Waals surface area contributed by atoms with Crippen molar-refractivity contribution < 1.29 is 4.79 Å². The standard InChI is InChI=1S/C19H23N5OS/c1-14(17(25)23-19(13-20)10-6-3-7-11-19)26-18-22-16(12-24(18)21)15-8-4-2-5-9-15/h2,4-5,8-9,12,14H,3,6-7,10-11,21H2,1H3,(H,23,25). The summed E-state index contributed by atoms with van der Waals surface area (Å²) in [6.07, 6.45) is 6.26. The van der Waals surface area contributed by atoms with Gasteiger partial charge in [0.15, 0.2) is 5.16 Å². The van der Waals surface area contributed by atoms with Crippen molar-refractivity contribution in [1.29, 1.82) is 5.26 Å². The van der Waals surface area contributed by atoms with Crippen LogP contribution in [0.2, 0.25) is 0 Å². The smallest absolute Gasteiger partial charge is 0.234 e. The molecule has 3 rings (SSSR count). The number of hydrogen-bond acceptors (Lipinski definition) is 5. The molecule has 1 aromatic carbocycles. The molecule has 0 saturated heterocycles. The van der Waals surface area contributed by atoms with E-state index in [-0.39, 0.29) is 5.91 Å². The highest BCUT2D eigenvalue weighted by Crippen LogP contribution is 2.30. The number of nitrogens with zero attached hydrogens (tertiary/aromatic N) is 3. The minimum absolute atomic E-state index is 0.150. The largest absolute Gasteiger partial charge is 0.337 e. The average molecular weight is 369 g/mol. The van der Waals surface area contributed by atoms with Gasteiger partial charge < -0.3 is 11.2 Å². The zero-order chi connectivity index (χ0) is 18.6. The second kappa shape index (κ2) is 7.83. The Bertz CT molecular complexity index is 805. The van der Waals surface area contributed by atoms with E-state index in [1.807, 2.05) is 37.3 Å². The lowest BCUT2D eigenvalue weighted by atomic mass is 9.83. The Morgan fingerprint density at radius 2 is 2.04 bits per heavy atom. The summed E-state index contributed by atoms with van der Waals surface area (Å²) in [7, 11) is 0. The van der Waals surface area contributed by atoms with E-state index >= 15 is 0 Å². The summed E-state index contributed by atoms with van der Waals surface area (Å²) in [5.74, 6) is 5.86. The number of benzene rings is 1. The number of amides is 1. The monoisotopic (exact) mass is 369 g/mol. The molecule has 136 valence electrons. The van der Waals surface area contributed by atoms with Crippen molar-refractivity contribution in [3.8, 4) is 17.3 Å². The molecule has 7 heteroatoms. The fraction of sp³-hybridized carbons (Fsp3) is 0.421. The minimum atomic E-state index is -0.725. The van der Waals surface area contributed by atoms with E-state index in [4.69, 9.17) is 5.84 Å². The van der Waals surface area contributed by atoms with Crippen molar-refractivity contribution >= 4 is 17.7 Å². The maximum Gasteiger partial charge on any atom is 0.234 e. The molecule has 6 nitrogen and oxygen atoms in total. The molecule has 1 aromatic heterocycles. The van der Waals surface area contributed by atoms with Crippen LogP contribution in [0.25, 0.3) is 11.3 Å². The number of carbonyl (C=O) groups is 1. The molecule has 1 atom stereocenters. The Balaban J connectivity index is 1.68. The van der Waals surface area contributed by atoms with Gasteiger partial charge in [-0.15, -0.1) is 0 Å². The molecule has 1 saturated carbocycles. The van der Waals surface area contributed by atoms with Crippen molar-refractivity contribution in [2.45, 2.75) is 55.0 Å². The fourth-order valence-corrected chi connectivity index (χ4v) is 3.99. The molecule has 1 unspecified atom stereocenters. The SMILES string of the molecule is CC(Sc1nc(-c2ccccc2)cn1N)C(=O)NC1(C#N)CCCCC1. The Morgan fingerprint density at radius 3 is 2.69 bits per heavy atom. The first kappa shape index (κ1) is 18.3. The molecule has 1 heterocycles. The van der Waals surface area contributed by atoms with Crippen LogP contribution in [0.3, 0.4) is 0 Å². The van der Waals surface area contributed by atoms with Gasteiger partial charge in [-0.1, -0.05) is 61.4 Å². The van der Waals surface area contributed by atoms with Crippen LogP contribution in [0.1, 0.15) is 39.0 Å². The second-order valence-corrected chi connectivity index (χ2v) is 7.99. The average Bonchev–Trinajstić information content (AvgIpc) is 3.03. The van der Waals surface area contributed by atoms with Crippen LogP contribution in [0.15, 0.2) is 41.7 Å². The molecule has 0 spiro atoms. The summed E-state index contributed by atoms with van der Waals surface area (Å²) < 4.78 is 1.44. The number of aromatic nitrogens is 2. The molecule has 0 aliphatic heterocycles. The van der Waals surface area contributed by atoms with Gasteiger partial charge in [-0.3, -0.25) is 4.79 Å². The number of nitrogens with two attached hydrogens (primary N) is 1. The van der Waals surface area contributed by atoms with Crippen LogP contribution in [-0.4, -0.2) is 26.4 Å². The summed E-state index contributed by atoms with van der Waals surface area (Å²) in [6, 6.07) is 12.1. The van der Waals surface area contributed by atoms with Gasteiger partial charge in [0.25, 0.3) is 0 Å². The summed E-state index contributed by atoms with van der Waals surface area (Å²) in [5, 5.41) is 12.7. The topological polar surface area (TPSA) is 96.7 Å². The van der Waals surface area contributed by atoms with E-state index in [0.717, 1.165) is 43.4 Å². The van der Waals surface area contributed by atoms with Crippen molar-refractivity contribution in [1.82, 2.24) is 15.0 Å². The van der Waals surface area contributed by atoms with Crippen molar-refractivity contribution in [3.63, 3.8) is 0 Å². The molecule has 0 bridgehead atoms. The van der Waals surface area contributed by atoms with Gasteiger partial charge in [-0.2, -0.15) is 5.26 Å². The lowest BCUT2D eigenvalue weighted by molar-refractivity contribution is -0.121. The zero-order valence-electron chi connectivity index (χ0n) is 14.8. The number of nitrogens with one attached hydrogen (secondary N) is 1. The van der Waals surface area contributed by atoms with E-state index in [1.54, 1.807) is 6.20 Å². The molecule has 1 fully saturated rings. The highest BCUT2D eigenvalue weighted by molar-refractivity contribution is 8.00. The molecule has 1 aliphatic rings. The minimum Gasteiger partial charge on any atom is -0.337 e. The van der Waals surface area contributed by atoms with Crippen LogP contribution in [0, 0.1) is 11.3 Å². The molecule has 2 aromatic rings. The maximum atomic E-state index is 12.6. The first-order valence-corrected chi connectivity index (χ1v) is 9.71. The number of thioether (sulfide) groups is 1. The first-order chi connectivity index (χ1) is 12.5. The van der Waals surface area contributed by atoms with Gasteiger partial charge in [-0.25, -0.2) is 9.66 Å². The third-order valence-electron chi connectivity index (χ3n) is 4.70. The Hall–Kier alpha value is -2.46. The Morgan fingerprint density at radius 1 is 1.35 bits per heavy atom. The van der Waals surface area contributed by atoms with Crippen LogP contribution < -0.4 is 11.2 Å². The van der Waals surface area contributed by atoms with Crippen LogP contribution >= 0.6 is 11.8 Å². The van der Waals surface area contributed by atoms with E-state index in [2.05, 4.69) is 16.4 Å². The summed E-state index contributed by atoms with van der Waals surface area (Å²) >= 11 is 1.30. The van der Waals surface area contributed by atoms with Crippen molar-refractivity contribution in [3.05, 3.63) is 36.5 Å². The second-order valence-electron chi connectivity index (χ2n) is 6.69. The fourth-order valence-electron chi connectivity index (χ4n) is 3.18. The van der Waals surface area contributed by atoms with Gasteiger partial charge in [0, 0.05) is 5.56 Å². The predicted molar refractivity (Wildman–Crippen MR) is 103 cm³/mol. The molecule has 26 heavy (non-hydrogen) atoms. The molecule has 3 N–H and O–H groups in total. The highest BCUT2D eigenvalue weighted by atomic mass is 32.2. The van der Waals surface area contributed by atoms with Crippen LogP contribution in [0.4, 0.5) is 0 Å². The number of nitriles is 1. The zero-order valence-corrected chi connectivity index (χ0v) is 15.6. The normalized spacial score (nSPS) is 17.2. The third kappa shape index (κ3) is 4.02. The molecular weight excluding hydrogens is 346 g/mol. The molecule has 1 aliphatic carbocycles. The van der Waals surface area contributed by atoms with Crippen molar-refractivity contribution in [2.75, 3.05) is 5.84 Å². The van der Waals surface area contributed by atoms with E-state index in [0.29, 0.717) is 5.16 Å².